The van der Waals surface area contributed by atoms with Crippen molar-refractivity contribution in [3.8, 4) is 0 Å². The van der Waals surface area contributed by atoms with Crippen LogP contribution < -0.4 is 5.32 Å². The van der Waals surface area contributed by atoms with E-state index in [1.807, 2.05) is 0 Å². The monoisotopic (exact) mass is 271 g/mol. The molecule has 1 fully saturated rings. The second kappa shape index (κ2) is 6.78. The van der Waals surface area contributed by atoms with Gasteiger partial charge in [0, 0.05) is 0 Å². The van der Waals surface area contributed by atoms with Crippen molar-refractivity contribution in [2.45, 2.75) is 77.5 Å². The van der Waals surface area contributed by atoms with Crippen LogP contribution in [0.1, 0.15) is 59.8 Å². The fraction of sp³-hybridized carbons (Fsp3) is 0.857. The summed E-state index contributed by atoms with van der Waals surface area (Å²) in [5, 5.41) is 2.49. The van der Waals surface area contributed by atoms with Crippen LogP contribution in [0.5, 0.6) is 0 Å². The van der Waals surface area contributed by atoms with Gasteiger partial charge in [0.25, 0.3) is 0 Å². The lowest BCUT2D eigenvalue weighted by molar-refractivity contribution is -0.152. The minimum atomic E-state index is -0.684. The SMILES string of the molecule is CC(NC(=O)OC(C)(C)C)C(=O)OC1CCCCC1. The van der Waals surface area contributed by atoms with Crippen LogP contribution in [0.2, 0.25) is 0 Å². The molecular weight excluding hydrogens is 246 g/mol. The second-order valence-corrected chi connectivity index (χ2v) is 6.06. The first-order chi connectivity index (χ1) is 8.78. The number of hydrogen-bond donors (Lipinski definition) is 1. The molecule has 5 nitrogen and oxygen atoms in total. The highest BCUT2D eigenvalue weighted by Crippen LogP contribution is 2.20. The molecule has 0 aromatic carbocycles. The normalized spacial score (nSPS) is 18.5. The van der Waals surface area contributed by atoms with Crippen LogP contribution in [0.3, 0.4) is 0 Å². The van der Waals surface area contributed by atoms with Gasteiger partial charge in [-0.15, -0.1) is 0 Å². The molecule has 0 saturated heterocycles. The molecule has 0 bridgehead atoms. The van der Waals surface area contributed by atoms with E-state index in [1.165, 1.54) is 6.42 Å². The Bertz CT molecular complexity index is 316. The molecular formula is C14H25NO4. The van der Waals surface area contributed by atoms with Crippen LogP contribution in [0.4, 0.5) is 4.79 Å². The maximum absolute atomic E-state index is 11.8. The number of amides is 1. The van der Waals surface area contributed by atoms with Crippen LogP contribution in [-0.4, -0.2) is 29.8 Å². The largest absolute Gasteiger partial charge is 0.461 e. The van der Waals surface area contributed by atoms with E-state index >= 15 is 0 Å². The van der Waals surface area contributed by atoms with Crippen LogP contribution >= 0.6 is 0 Å². The molecule has 19 heavy (non-hydrogen) atoms. The van der Waals surface area contributed by atoms with Crippen molar-refractivity contribution >= 4 is 12.1 Å². The van der Waals surface area contributed by atoms with Crippen molar-refractivity contribution in [3.63, 3.8) is 0 Å². The average molecular weight is 271 g/mol. The molecule has 1 unspecified atom stereocenters. The highest BCUT2D eigenvalue weighted by atomic mass is 16.6. The van der Waals surface area contributed by atoms with Gasteiger partial charge in [0.2, 0.25) is 0 Å². The molecule has 1 aliphatic rings. The van der Waals surface area contributed by atoms with E-state index in [1.54, 1.807) is 27.7 Å². The van der Waals surface area contributed by atoms with Crippen molar-refractivity contribution in [1.29, 1.82) is 0 Å². The van der Waals surface area contributed by atoms with Gasteiger partial charge in [-0.25, -0.2) is 9.59 Å². The number of nitrogens with one attached hydrogen (secondary N) is 1. The Morgan fingerprint density at radius 2 is 1.74 bits per heavy atom. The molecule has 0 aromatic rings. The van der Waals surface area contributed by atoms with Crippen LogP contribution in [-0.2, 0) is 14.3 Å². The molecule has 1 N–H and O–H groups in total. The van der Waals surface area contributed by atoms with E-state index in [-0.39, 0.29) is 6.10 Å². The lowest BCUT2D eigenvalue weighted by Crippen LogP contribution is -2.43. The first kappa shape index (κ1) is 15.8. The van der Waals surface area contributed by atoms with E-state index < -0.39 is 23.7 Å². The quantitative estimate of drug-likeness (QED) is 0.802. The number of alkyl carbamates (subject to hydrolysis) is 1. The van der Waals surface area contributed by atoms with E-state index in [9.17, 15) is 9.59 Å². The summed E-state index contributed by atoms with van der Waals surface area (Å²) in [7, 11) is 0. The number of carbonyl (C=O) groups is 2. The van der Waals surface area contributed by atoms with Crippen LogP contribution in [0.25, 0.3) is 0 Å². The number of rotatable bonds is 3. The summed E-state index contributed by atoms with van der Waals surface area (Å²) in [5.74, 6) is -0.391. The van der Waals surface area contributed by atoms with Gasteiger partial charge in [0.05, 0.1) is 0 Å². The Morgan fingerprint density at radius 1 is 1.16 bits per heavy atom. The minimum Gasteiger partial charge on any atom is -0.461 e. The smallest absolute Gasteiger partial charge is 0.408 e. The molecule has 5 heteroatoms. The molecule has 0 heterocycles. The summed E-state index contributed by atoms with van der Waals surface area (Å²) in [5.41, 5.74) is -0.572. The Kier molecular flexibility index (Phi) is 5.63. The highest BCUT2D eigenvalue weighted by molar-refractivity contribution is 5.81. The number of carbonyl (C=O) groups excluding carboxylic acids is 2. The molecule has 0 aliphatic heterocycles. The fourth-order valence-electron chi connectivity index (χ4n) is 1.99. The van der Waals surface area contributed by atoms with Crippen molar-refractivity contribution in [1.82, 2.24) is 5.32 Å². The Morgan fingerprint density at radius 3 is 2.26 bits per heavy atom. The van der Waals surface area contributed by atoms with E-state index in [4.69, 9.17) is 9.47 Å². The minimum absolute atomic E-state index is 0.00383. The third-order valence-corrected chi connectivity index (χ3v) is 2.92. The predicted molar refractivity (Wildman–Crippen MR) is 71.8 cm³/mol. The van der Waals surface area contributed by atoms with Gasteiger partial charge >= 0.3 is 12.1 Å². The molecule has 1 saturated carbocycles. The lowest BCUT2D eigenvalue weighted by atomic mass is 9.98. The second-order valence-electron chi connectivity index (χ2n) is 6.06. The van der Waals surface area contributed by atoms with Crippen LogP contribution in [0.15, 0.2) is 0 Å². The third-order valence-electron chi connectivity index (χ3n) is 2.92. The average Bonchev–Trinajstić information content (AvgIpc) is 2.27. The van der Waals surface area contributed by atoms with Gasteiger partial charge in [-0.05, 0) is 53.4 Å². The number of ether oxygens (including phenoxy) is 2. The Balaban J connectivity index is 2.33. The zero-order valence-corrected chi connectivity index (χ0v) is 12.3. The molecule has 0 radical (unpaired) electrons. The van der Waals surface area contributed by atoms with Crippen LogP contribution in [0, 0.1) is 0 Å². The van der Waals surface area contributed by atoms with E-state index in [0.717, 1.165) is 25.7 Å². The molecule has 110 valence electrons. The Labute approximate surface area is 115 Å². The van der Waals surface area contributed by atoms with Crippen molar-refractivity contribution in [3.05, 3.63) is 0 Å². The fourth-order valence-corrected chi connectivity index (χ4v) is 1.99. The summed E-state index contributed by atoms with van der Waals surface area (Å²) in [6.45, 7) is 6.93. The zero-order chi connectivity index (χ0) is 14.5. The van der Waals surface area contributed by atoms with Gasteiger partial charge in [-0.1, -0.05) is 6.42 Å². The van der Waals surface area contributed by atoms with Gasteiger partial charge < -0.3 is 14.8 Å². The maximum Gasteiger partial charge on any atom is 0.408 e. The number of hydrogen-bond acceptors (Lipinski definition) is 4. The summed E-state index contributed by atoms with van der Waals surface area (Å²) in [6, 6.07) is -0.684. The Hall–Kier alpha value is -1.26. The number of esters is 1. The topological polar surface area (TPSA) is 64.6 Å². The summed E-state index contributed by atoms with van der Waals surface area (Å²) < 4.78 is 10.5. The van der Waals surface area contributed by atoms with Gasteiger partial charge in [-0.2, -0.15) is 0 Å². The van der Waals surface area contributed by atoms with Crippen molar-refractivity contribution in [2.75, 3.05) is 0 Å². The lowest BCUT2D eigenvalue weighted by Gasteiger charge is -2.25. The maximum atomic E-state index is 11.8. The van der Waals surface area contributed by atoms with Gasteiger partial charge in [0.15, 0.2) is 0 Å². The van der Waals surface area contributed by atoms with Crippen molar-refractivity contribution < 1.29 is 19.1 Å². The summed E-state index contributed by atoms with van der Waals surface area (Å²) in [4.78, 5) is 23.3. The first-order valence-corrected chi connectivity index (χ1v) is 6.98. The highest BCUT2D eigenvalue weighted by Gasteiger charge is 2.24. The van der Waals surface area contributed by atoms with E-state index in [2.05, 4.69) is 5.32 Å². The molecule has 0 spiro atoms. The molecule has 1 amide bonds. The summed E-state index contributed by atoms with van der Waals surface area (Å²) >= 11 is 0. The molecule has 0 aromatic heterocycles. The molecule has 1 atom stereocenters. The first-order valence-electron chi connectivity index (χ1n) is 6.98. The summed E-state index contributed by atoms with van der Waals surface area (Å²) in [6.07, 6.45) is 4.66. The molecule has 1 aliphatic carbocycles. The van der Waals surface area contributed by atoms with Gasteiger partial charge in [-0.3, -0.25) is 0 Å². The zero-order valence-electron chi connectivity index (χ0n) is 12.3. The van der Waals surface area contributed by atoms with E-state index in [0.29, 0.717) is 0 Å². The van der Waals surface area contributed by atoms with Gasteiger partial charge in [0.1, 0.15) is 17.7 Å². The van der Waals surface area contributed by atoms with Crippen molar-refractivity contribution in [2.24, 2.45) is 0 Å². The predicted octanol–water partition coefficient (Wildman–Crippen LogP) is 2.78. The standard InChI is InChI=1S/C14H25NO4/c1-10(15-13(17)19-14(2,3)4)12(16)18-11-8-6-5-7-9-11/h10-11H,5-9H2,1-4H3,(H,15,17). The molecule has 1 rings (SSSR count). The third kappa shape index (κ3) is 6.45.